The summed E-state index contributed by atoms with van der Waals surface area (Å²) in [6.07, 6.45) is 3.53. The van der Waals surface area contributed by atoms with Crippen LogP contribution in [0.4, 0.5) is 11.5 Å². The highest BCUT2D eigenvalue weighted by Crippen LogP contribution is 2.30. The lowest BCUT2D eigenvalue weighted by Crippen LogP contribution is -2.05. The van der Waals surface area contributed by atoms with Crippen LogP contribution in [0.15, 0.2) is 79.1 Å². The highest BCUT2D eigenvalue weighted by Gasteiger charge is 2.16. The van der Waals surface area contributed by atoms with E-state index in [9.17, 15) is 0 Å². The van der Waals surface area contributed by atoms with Crippen LogP contribution in [0.25, 0.3) is 22.3 Å². The van der Waals surface area contributed by atoms with E-state index in [-0.39, 0.29) is 0 Å². The van der Waals surface area contributed by atoms with Crippen LogP contribution in [0.2, 0.25) is 0 Å². The fraction of sp³-hybridized carbons (Fsp3) is 0.120. The molecule has 31 heavy (non-hydrogen) atoms. The highest BCUT2D eigenvalue weighted by atomic mass is 15.3. The minimum Gasteiger partial charge on any atom is -0.337 e. The largest absolute Gasteiger partial charge is 0.337 e. The first kappa shape index (κ1) is 18.9. The number of para-hydroxylation sites is 1. The van der Waals surface area contributed by atoms with E-state index >= 15 is 0 Å². The monoisotopic (exact) mass is 406 g/mol. The molecule has 5 aromatic rings. The maximum absolute atomic E-state index is 4.84. The van der Waals surface area contributed by atoms with Crippen LogP contribution in [0.1, 0.15) is 17.0 Å². The fourth-order valence-corrected chi connectivity index (χ4v) is 3.70. The molecule has 0 aliphatic heterocycles. The molecule has 0 aliphatic carbocycles. The van der Waals surface area contributed by atoms with Crippen molar-refractivity contribution in [3.63, 3.8) is 0 Å². The van der Waals surface area contributed by atoms with Gasteiger partial charge in [-0.15, -0.1) is 0 Å². The van der Waals surface area contributed by atoms with Crippen molar-refractivity contribution in [3.05, 3.63) is 96.1 Å². The standard InChI is InChI=1S/C25H22N6/c1-17-23(18(2)31(30-17)16-19-9-4-3-5-10-19)28-25-21-12-6-7-13-22(21)27-24(29-25)20-11-8-14-26-15-20/h3-15H,16H2,1-2H3,(H,27,28,29). The number of pyridine rings is 1. The maximum atomic E-state index is 4.84. The van der Waals surface area contributed by atoms with E-state index in [0.29, 0.717) is 5.82 Å². The van der Waals surface area contributed by atoms with Gasteiger partial charge in [-0.05, 0) is 43.7 Å². The lowest BCUT2D eigenvalue weighted by atomic mass is 10.2. The van der Waals surface area contributed by atoms with E-state index in [0.717, 1.165) is 45.9 Å². The molecule has 0 aliphatic rings. The Kier molecular flexibility index (Phi) is 4.88. The number of fused-ring (bicyclic) bond motifs is 1. The second-order valence-corrected chi connectivity index (χ2v) is 7.47. The van der Waals surface area contributed by atoms with Gasteiger partial charge in [0.05, 0.1) is 29.1 Å². The molecule has 6 heteroatoms. The third-order valence-electron chi connectivity index (χ3n) is 5.32. The Hall–Kier alpha value is -4.06. The van der Waals surface area contributed by atoms with Gasteiger partial charge >= 0.3 is 0 Å². The van der Waals surface area contributed by atoms with Gasteiger partial charge in [-0.1, -0.05) is 42.5 Å². The number of nitrogens with one attached hydrogen (secondary N) is 1. The summed E-state index contributed by atoms with van der Waals surface area (Å²) in [7, 11) is 0. The molecule has 1 N–H and O–H groups in total. The van der Waals surface area contributed by atoms with Crippen molar-refractivity contribution in [2.75, 3.05) is 5.32 Å². The molecule has 0 radical (unpaired) electrons. The molecule has 0 bridgehead atoms. The summed E-state index contributed by atoms with van der Waals surface area (Å²) >= 11 is 0. The number of aryl methyl sites for hydroxylation is 1. The SMILES string of the molecule is Cc1nn(Cc2ccccc2)c(C)c1Nc1nc(-c2cccnc2)nc2ccccc12. The van der Waals surface area contributed by atoms with Crippen molar-refractivity contribution >= 4 is 22.4 Å². The van der Waals surface area contributed by atoms with Crippen molar-refractivity contribution in [3.8, 4) is 11.4 Å². The number of benzene rings is 2. The van der Waals surface area contributed by atoms with Crippen LogP contribution < -0.4 is 5.32 Å². The zero-order chi connectivity index (χ0) is 21.2. The Morgan fingerprint density at radius 3 is 2.48 bits per heavy atom. The van der Waals surface area contributed by atoms with Gasteiger partial charge in [0.25, 0.3) is 0 Å². The number of hydrogen-bond donors (Lipinski definition) is 1. The van der Waals surface area contributed by atoms with Crippen LogP contribution >= 0.6 is 0 Å². The molecule has 6 nitrogen and oxygen atoms in total. The van der Waals surface area contributed by atoms with Crippen molar-refractivity contribution < 1.29 is 0 Å². The first-order chi connectivity index (χ1) is 15.2. The molecular weight excluding hydrogens is 384 g/mol. The number of hydrogen-bond acceptors (Lipinski definition) is 5. The zero-order valence-corrected chi connectivity index (χ0v) is 17.4. The summed E-state index contributed by atoms with van der Waals surface area (Å²) in [5.74, 6) is 1.40. The Morgan fingerprint density at radius 2 is 1.68 bits per heavy atom. The molecule has 0 saturated carbocycles. The van der Waals surface area contributed by atoms with E-state index < -0.39 is 0 Å². The second-order valence-electron chi connectivity index (χ2n) is 7.47. The van der Waals surface area contributed by atoms with Gasteiger partial charge < -0.3 is 5.32 Å². The number of aromatic nitrogens is 5. The molecule has 2 aromatic carbocycles. The van der Waals surface area contributed by atoms with Gasteiger partial charge in [-0.25, -0.2) is 9.97 Å². The van der Waals surface area contributed by atoms with Crippen LogP contribution in [0.3, 0.4) is 0 Å². The molecule has 0 atom stereocenters. The smallest absolute Gasteiger partial charge is 0.163 e. The van der Waals surface area contributed by atoms with Gasteiger partial charge in [0.15, 0.2) is 5.82 Å². The van der Waals surface area contributed by atoms with Crippen molar-refractivity contribution in [1.29, 1.82) is 0 Å². The minimum absolute atomic E-state index is 0.640. The van der Waals surface area contributed by atoms with Crippen molar-refractivity contribution in [2.45, 2.75) is 20.4 Å². The Bertz CT molecular complexity index is 1340. The third-order valence-corrected chi connectivity index (χ3v) is 5.32. The quantitative estimate of drug-likeness (QED) is 0.429. The normalized spacial score (nSPS) is 11.0. The summed E-state index contributed by atoms with van der Waals surface area (Å²) in [6.45, 7) is 4.82. The van der Waals surface area contributed by atoms with Gasteiger partial charge in [0.2, 0.25) is 0 Å². The zero-order valence-electron chi connectivity index (χ0n) is 17.4. The van der Waals surface area contributed by atoms with E-state index in [4.69, 9.17) is 15.1 Å². The lowest BCUT2D eigenvalue weighted by Gasteiger charge is -2.12. The summed E-state index contributed by atoms with van der Waals surface area (Å²) in [4.78, 5) is 13.8. The molecule has 0 unspecified atom stereocenters. The molecule has 0 amide bonds. The summed E-state index contributed by atoms with van der Waals surface area (Å²) in [6, 6.07) is 22.2. The van der Waals surface area contributed by atoms with Crippen LogP contribution in [0.5, 0.6) is 0 Å². The summed E-state index contributed by atoms with van der Waals surface area (Å²) in [5.41, 5.74) is 5.93. The number of anilines is 2. The summed E-state index contributed by atoms with van der Waals surface area (Å²) in [5, 5.41) is 9.27. The molecule has 3 heterocycles. The van der Waals surface area contributed by atoms with Gasteiger partial charge in [-0.2, -0.15) is 5.10 Å². The maximum Gasteiger partial charge on any atom is 0.163 e. The van der Waals surface area contributed by atoms with E-state index in [2.05, 4.69) is 29.4 Å². The van der Waals surface area contributed by atoms with Gasteiger partial charge in [0.1, 0.15) is 5.82 Å². The molecule has 0 saturated heterocycles. The molecule has 0 spiro atoms. The Balaban J connectivity index is 1.56. The highest BCUT2D eigenvalue weighted by molar-refractivity contribution is 5.92. The lowest BCUT2D eigenvalue weighted by molar-refractivity contribution is 0.659. The van der Waals surface area contributed by atoms with Crippen LogP contribution in [0, 0.1) is 13.8 Å². The average Bonchev–Trinajstić information content (AvgIpc) is 3.07. The molecular formula is C25H22N6. The predicted molar refractivity (Wildman–Crippen MR) is 123 cm³/mol. The summed E-state index contributed by atoms with van der Waals surface area (Å²) < 4.78 is 2.03. The predicted octanol–water partition coefficient (Wildman–Crippen LogP) is 5.30. The Morgan fingerprint density at radius 1 is 0.871 bits per heavy atom. The second kappa shape index (κ2) is 7.99. The molecule has 152 valence electrons. The van der Waals surface area contributed by atoms with Crippen molar-refractivity contribution in [1.82, 2.24) is 24.7 Å². The van der Waals surface area contributed by atoms with E-state index in [1.165, 1.54) is 5.56 Å². The minimum atomic E-state index is 0.640. The fourth-order valence-electron chi connectivity index (χ4n) is 3.70. The molecule has 0 fully saturated rings. The van der Waals surface area contributed by atoms with Gasteiger partial charge in [0, 0.05) is 23.3 Å². The third kappa shape index (κ3) is 3.75. The van der Waals surface area contributed by atoms with Gasteiger partial charge in [-0.3, -0.25) is 9.67 Å². The first-order valence-electron chi connectivity index (χ1n) is 10.2. The first-order valence-corrected chi connectivity index (χ1v) is 10.2. The van der Waals surface area contributed by atoms with E-state index in [1.807, 2.05) is 66.2 Å². The molecule has 3 aromatic heterocycles. The van der Waals surface area contributed by atoms with Crippen LogP contribution in [-0.2, 0) is 6.54 Å². The topological polar surface area (TPSA) is 68.5 Å². The average molecular weight is 406 g/mol. The Labute approximate surface area is 180 Å². The molecule has 5 rings (SSSR count). The van der Waals surface area contributed by atoms with E-state index in [1.54, 1.807) is 12.4 Å². The number of nitrogens with zero attached hydrogens (tertiary/aromatic N) is 5. The van der Waals surface area contributed by atoms with Crippen molar-refractivity contribution in [2.24, 2.45) is 0 Å². The number of rotatable bonds is 5. The van der Waals surface area contributed by atoms with Crippen LogP contribution in [-0.4, -0.2) is 24.7 Å².